The van der Waals surface area contributed by atoms with E-state index in [1.54, 1.807) is 0 Å². The van der Waals surface area contributed by atoms with Gasteiger partial charge < -0.3 is 5.32 Å². The highest BCUT2D eigenvalue weighted by molar-refractivity contribution is 5.20. The van der Waals surface area contributed by atoms with E-state index in [4.69, 9.17) is 0 Å². The fourth-order valence-electron chi connectivity index (χ4n) is 2.95. The van der Waals surface area contributed by atoms with Gasteiger partial charge in [-0.2, -0.15) is 0 Å². The SMILES string of the molecule is CCCC(C)N(C)C(CC)C(NC)c1ccccc1. The first-order chi connectivity index (χ1) is 9.15. The van der Waals surface area contributed by atoms with E-state index in [0.29, 0.717) is 18.1 Å². The molecule has 0 fully saturated rings. The quantitative estimate of drug-likeness (QED) is 0.765. The number of nitrogens with zero attached hydrogens (tertiary/aromatic N) is 1. The Labute approximate surface area is 119 Å². The maximum Gasteiger partial charge on any atom is 0.0475 e. The zero-order valence-electron chi connectivity index (χ0n) is 13.2. The third-order valence-corrected chi connectivity index (χ3v) is 4.20. The molecule has 0 radical (unpaired) electrons. The van der Waals surface area contributed by atoms with Crippen molar-refractivity contribution in [2.24, 2.45) is 0 Å². The molecule has 3 unspecified atom stereocenters. The monoisotopic (exact) mass is 262 g/mol. The molecule has 1 aromatic rings. The number of benzene rings is 1. The van der Waals surface area contributed by atoms with Crippen LogP contribution in [-0.4, -0.2) is 31.1 Å². The van der Waals surface area contributed by atoms with Crippen molar-refractivity contribution in [1.82, 2.24) is 10.2 Å². The molecule has 0 spiro atoms. The lowest BCUT2D eigenvalue weighted by atomic mass is 9.95. The Morgan fingerprint density at radius 2 is 1.79 bits per heavy atom. The first-order valence-corrected chi connectivity index (χ1v) is 7.59. The van der Waals surface area contributed by atoms with Crippen molar-refractivity contribution < 1.29 is 0 Å². The second kappa shape index (κ2) is 8.34. The summed E-state index contributed by atoms with van der Waals surface area (Å²) in [4.78, 5) is 2.54. The van der Waals surface area contributed by atoms with E-state index < -0.39 is 0 Å². The maximum absolute atomic E-state index is 3.51. The van der Waals surface area contributed by atoms with Gasteiger partial charge in [-0.3, -0.25) is 4.90 Å². The Kier molecular flexibility index (Phi) is 7.11. The lowest BCUT2D eigenvalue weighted by molar-refractivity contribution is 0.138. The molecule has 0 aliphatic rings. The Morgan fingerprint density at radius 1 is 1.16 bits per heavy atom. The number of hydrogen-bond acceptors (Lipinski definition) is 2. The number of hydrogen-bond donors (Lipinski definition) is 1. The molecule has 1 rings (SSSR count). The summed E-state index contributed by atoms with van der Waals surface area (Å²) in [5.41, 5.74) is 1.38. The van der Waals surface area contributed by atoms with Crippen LogP contribution in [0.2, 0.25) is 0 Å². The maximum atomic E-state index is 3.51. The highest BCUT2D eigenvalue weighted by Crippen LogP contribution is 2.24. The van der Waals surface area contributed by atoms with Crippen molar-refractivity contribution in [2.75, 3.05) is 14.1 Å². The standard InChI is InChI=1S/C17H30N2/c1-6-11-14(3)19(5)16(7-2)17(18-4)15-12-9-8-10-13-15/h8-10,12-14,16-18H,6-7,11H2,1-5H3. The molecule has 19 heavy (non-hydrogen) atoms. The van der Waals surface area contributed by atoms with E-state index in [9.17, 15) is 0 Å². The fraction of sp³-hybridized carbons (Fsp3) is 0.647. The lowest BCUT2D eigenvalue weighted by Gasteiger charge is -2.38. The molecule has 0 aliphatic heterocycles. The molecule has 0 heterocycles. The van der Waals surface area contributed by atoms with Crippen molar-refractivity contribution in [3.05, 3.63) is 35.9 Å². The normalized spacial score (nSPS) is 16.3. The smallest absolute Gasteiger partial charge is 0.0475 e. The van der Waals surface area contributed by atoms with Gasteiger partial charge in [-0.1, -0.05) is 50.6 Å². The van der Waals surface area contributed by atoms with Crippen LogP contribution in [0, 0.1) is 0 Å². The molecule has 1 N–H and O–H groups in total. The average Bonchev–Trinajstić information content (AvgIpc) is 2.45. The van der Waals surface area contributed by atoms with Gasteiger partial charge in [0.25, 0.3) is 0 Å². The van der Waals surface area contributed by atoms with Crippen LogP contribution in [0.1, 0.15) is 51.6 Å². The van der Waals surface area contributed by atoms with Gasteiger partial charge in [0.05, 0.1) is 0 Å². The van der Waals surface area contributed by atoms with Crippen LogP contribution >= 0.6 is 0 Å². The first-order valence-electron chi connectivity index (χ1n) is 7.59. The van der Waals surface area contributed by atoms with E-state index in [1.807, 2.05) is 0 Å². The van der Waals surface area contributed by atoms with Gasteiger partial charge in [-0.05, 0) is 39.4 Å². The Balaban J connectivity index is 2.87. The average molecular weight is 262 g/mol. The van der Waals surface area contributed by atoms with Gasteiger partial charge in [-0.25, -0.2) is 0 Å². The summed E-state index contributed by atoms with van der Waals surface area (Å²) in [6, 6.07) is 12.4. The first kappa shape index (κ1) is 16.2. The van der Waals surface area contributed by atoms with Gasteiger partial charge in [0.1, 0.15) is 0 Å². The highest BCUT2D eigenvalue weighted by Gasteiger charge is 2.26. The summed E-state index contributed by atoms with van der Waals surface area (Å²) in [7, 11) is 4.33. The predicted molar refractivity (Wildman–Crippen MR) is 84.5 cm³/mol. The van der Waals surface area contributed by atoms with Crippen LogP contribution in [0.5, 0.6) is 0 Å². The zero-order chi connectivity index (χ0) is 14.3. The van der Waals surface area contributed by atoms with Crippen LogP contribution in [0.25, 0.3) is 0 Å². The fourth-order valence-corrected chi connectivity index (χ4v) is 2.95. The van der Waals surface area contributed by atoms with Crippen LogP contribution in [0.15, 0.2) is 30.3 Å². The van der Waals surface area contributed by atoms with Crippen LogP contribution in [0.4, 0.5) is 0 Å². The molecule has 0 amide bonds. The molecule has 0 aromatic heterocycles. The molecule has 2 nitrogen and oxygen atoms in total. The molecule has 0 saturated heterocycles. The Bertz CT molecular complexity index is 336. The Morgan fingerprint density at radius 3 is 2.26 bits per heavy atom. The van der Waals surface area contributed by atoms with E-state index in [0.717, 1.165) is 6.42 Å². The molecular weight excluding hydrogens is 232 g/mol. The second-order valence-electron chi connectivity index (χ2n) is 5.46. The summed E-state index contributed by atoms with van der Waals surface area (Å²) in [5, 5.41) is 3.51. The summed E-state index contributed by atoms with van der Waals surface area (Å²) in [5.74, 6) is 0. The Hall–Kier alpha value is -0.860. The van der Waals surface area contributed by atoms with E-state index in [2.05, 4.69) is 75.4 Å². The molecule has 0 aliphatic carbocycles. The molecule has 2 heteroatoms. The van der Waals surface area contributed by atoms with Crippen molar-refractivity contribution in [3.8, 4) is 0 Å². The van der Waals surface area contributed by atoms with Crippen molar-refractivity contribution in [3.63, 3.8) is 0 Å². The molecule has 0 saturated carbocycles. The number of likely N-dealkylation sites (N-methyl/N-ethyl adjacent to an activating group) is 2. The van der Waals surface area contributed by atoms with Gasteiger partial charge in [0.15, 0.2) is 0 Å². The van der Waals surface area contributed by atoms with E-state index in [-0.39, 0.29) is 0 Å². The summed E-state index contributed by atoms with van der Waals surface area (Å²) >= 11 is 0. The minimum Gasteiger partial charge on any atom is -0.312 e. The molecule has 0 bridgehead atoms. The molecule has 108 valence electrons. The third-order valence-electron chi connectivity index (χ3n) is 4.20. The largest absolute Gasteiger partial charge is 0.312 e. The highest BCUT2D eigenvalue weighted by atomic mass is 15.2. The van der Waals surface area contributed by atoms with Crippen LogP contribution < -0.4 is 5.32 Å². The van der Waals surface area contributed by atoms with E-state index in [1.165, 1.54) is 18.4 Å². The topological polar surface area (TPSA) is 15.3 Å². The molecular formula is C17H30N2. The lowest BCUT2D eigenvalue weighted by Crippen LogP contribution is -2.45. The van der Waals surface area contributed by atoms with Gasteiger partial charge in [-0.15, -0.1) is 0 Å². The minimum absolute atomic E-state index is 0.399. The van der Waals surface area contributed by atoms with Gasteiger partial charge in [0, 0.05) is 18.1 Å². The van der Waals surface area contributed by atoms with Crippen LogP contribution in [0.3, 0.4) is 0 Å². The van der Waals surface area contributed by atoms with Crippen molar-refractivity contribution in [1.29, 1.82) is 0 Å². The second-order valence-corrected chi connectivity index (χ2v) is 5.46. The summed E-state index contributed by atoms with van der Waals surface area (Å²) < 4.78 is 0. The van der Waals surface area contributed by atoms with E-state index >= 15 is 0 Å². The third kappa shape index (κ3) is 4.32. The number of rotatable bonds is 8. The van der Waals surface area contributed by atoms with Crippen molar-refractivity contribution in [2.45, 2.75) is 58.2 Å². The zero-order valence-corrected chi connectivity index (χ0v) is 13.2. The minimum atomic E-state index is 0.399. The number of nitrogens with one attached hydrogen (secondary N) is 1. The summed E-state index contributed by atoms with van der Waals surface area (Å²) in [6.07, 6.45) is 3.67. The van der Waals surface area contributed by atoms with Crippen LogP contribution in [-0.2, 0) is 0 Å². The van der Waals surface area contributed by atoms with Gasteiger partial charge in [0.2, 0.25) is 0 Å². The predicted octanol–water partition coefficient (Wildman–Crippen LogP) is 3.85. The van der Waals surface area contributed by atoms with Crippen molar-refractivity contribution >= 4 is 0 Å². The summed E-state index contributed by atoms with van der Waals surface area (Å²) in [6.45, 7) is 6.88. The molecule has 3 atom stereocenters. The molecule has 1 aromatic carbocycles. The van der Waals surface area contributed by atoms with Gasteiger partial charge >= 0.3 is 0 Å².